The smallest absolute Gasteiger partial charge is 0.136 e. The van der Waals surface area contributed by atoms with E-state index >= 15 is 0 Å². The summed E-state index contributed by atoms with van der Waals surface area (Å²) in [5.74, 6) is 1.47. The van der Waals surface area contributed by atoms with Crippen LogP contribution in [0, 0.1) is 24.6 Å². The number of rotatable bonds is 6. The third-order valence-corrected chi connectivity index (χ3v) is 12.3. The van der Waals surface area contributed by atoms with Gasteiger partial charge in [-0.25, -0.2) is 9.37 Å². The molecule has 0 bridgehead atoms. The van der Waals surface area contributed by atoms with Crippen LogP contribution in [0.5, 0.6) is 11.5 Å². The number of hydrogen-bond donors (Lipinski definition) is 0. The van der Waals surface area contributed by atoms with E-state index in [1.165, 1.54) is 33.9 Å². The van der Waals surface area contributed by atoms with Crippen molar-refractivity contribution in [3.05, 3.63) is 174 Å². The number of nitrogens with zero attached hydrogens (tertiary/aromatic N) is 4. The van der Waals surface area contributed by atoms with Crippen molar-refractivity contribution < 1.29 is 30.2 Å². The minimum atomic E-state index is -0.302. The van der Waals surface area contributed by atoms with Crippen LogP contribution >= 0.6 is 0 Å². The number of fused-ring (bicyclic) bond motifs is 4. The molecule has 0 radical (unpaired) electrons. The van der Waals surface area contributed by atoms with Gasteiger partial charge in [-0.3, -0.25) is 0 Å². The fourth-order valence-electron chi connectivity index (χ4n) is 8.88. The van der Waals surface area contributed by atoms with Gasteiger partial charge in [-0.15, -0.1) is 48.1 Å². The Kier molecular flexibility index (Phi) is 11.7. The molecule has 9 rings (SSSR count). The van der Waals surface area contributed by atoms with E-state index in [1.54, 1.807) is 6.07 Å². The molecule has 0 aliphatic carbocycles. The number of benzene rings is 6. The van der Waals surface area contributed by atoms with E-state index in [9.17, 15) is 4.39 Å². The third kappa shape index (κ3) is 8.75. The van der Waals surface area contributed by atoms with Gasteiger partial charge in [-0.2, -0.15) is 12.1 Å². The summed E-state index contributed by atoms with van der Waals surface area (Å²) in [6.45, 7) is 29.3. The van der Waals surface area contributed by atoms with Crippen LogP contribution in [-0.4, -0.2) is 9.55 Å². The zero-order chi connectivity index (χ0) is 45.5. The molecule has 0 N–H and O–H groups in total. The van der Waals surface area contributed by atoms with Crippen molar-refractivity contribution in [1.82, 2.24) is 9.55 Å². The van der Waals surface area contributed by atoms with Crippen LogP contribution in [0.2, 0.25) is 0 Å². The van der Waals surface area contributed by atoms with Gasteiger partial charge in [0.05, 0.1) is 0 Å². The van der Waals surface area contributed by atoms with Crippen molar-refractivity contribution in [3.63, 3.8) is 0 Å². The molecule has 65 heavy (non-hydrogen) atoms. The maximum atomic E-state index is 15.0. The summed E-state index contributed by atoms with van der Waals surface area (Å²) in [4.78, 5) is 9.40. The Morgan fingerprint density at radius 2 is 1.18 bits per heavy atom. The van der Waals surface area contributed by atoms with Gasteiger partial charge in [0.25, 0.3) is 0 Å². The van der Waals surface area contributed by atoms with Crippen molar-refractivity contribution in [1.29, 1.82) is 0 Å². The maximum absolute atomic E-state index is 15.0. The largest absolute Gasteiger partial charge is 0.509 e. The topological polar surface area (TPSA) is 33.5 Å². The van der Waals surface area contributed by atoms with Crippen molar-refractivity contribution >= 4 is 44.6 Å². The Balaban J connectivity index is 0.00000576. The summed E-state index contributed by atoms with van der Waals surface area (Å²) in [6.07, 6.45) is 1.87. The molecule has 0 amide bonds. The number of hydrogen-bond acceptors (Lipinski definition) is 4. The standard InChI is InChI=1S/C58H58FN4O.Pt/c1-55(2,3)38-30-39(56(4,5)6)32-42(31-38)62-36-61(50-21-13-14-22-51(50)62)41-17-15-18-43(34-41)64-44-24-25-45-46-33-40(59)23-26-49(46)63(52(45)35-44)53-29-37(27-28-60-53)54-47(57(7,8)9)19-16-20-48(54)58(10,11)12;/h13-33,36H,1-12H3;/q-3;. The molecule has 2 aromatic heterocycles. The maximum Gasteiger partial charge on any atom is 0.136 e. The zero-order valence-electron chi connectivity index (χ0n) is 39.6. The number of pyridine rings is 1. The quantitative estimate of drug-likeness (QED) is 0.155. The van der Waals surface area contributed by atoms with E-state index in [0.717, 1.165) is 50.1 Å². The number of aromatic nitrogens is 2. The van der Waals surface area contributed by atoms with E-state index < -0.39 is 0 Å². The number of para-hydroxylation sites is 2. The predicted molar refractivity (Wildman–Crippen MR) is 264 cm³/mol. The Morgan fingerprint density at radius 1 is 0.569 bits per heavy atom. The average Bonchev–Trinajstić information content (AvgIpc) is 3.78. The molecule has 8 aromatic rings. The molecule has 0 atom stereocenters. The van der Waals surface area contributed by atoms with E-state index in [1.807, 2.05) is 36.5 Å². The van der Waals surface area contributed by atoms with Gasteiger partial charge >= 0.3 is 0 Å². The second-order valence-corrected chi connectivity index (χ2v) is 21.3. The summed E-state index contributed by atoms with van der Waals surface area (Å²) in [7, 11) is 0. The molecule has 1 aliphatic heterocycles. The molecule has 1 aliphatic rings. The van der Waals surface area contributed by atoms with Crippen LogP contribution in [-0.2, 0) is 42.7 Å². The Morgan fingerprint density at radius 3 is 1.82 bits per heavy atom. The minimum absolute atomic E-state index is 0. The Labute approximate surface area is 399 Å². The molecule has 3 heterocycles. The van der Waals surface area contributed by atoms with Crippen molar-refractivity contribution in [2.45, 2.75) is 105 Å². The Bertz CT molecular complexity index is 3020. The molecule has 7 heteroatoms. The molecule has 0 unspecified atom stereocenters. The molecule has 0 fully saturated rings. The predicted octanol–water partition coefficient (Wildman–Crippen LogP) is 16.0. The molecule has 0 saturated heterocycles. The summed E-state index contributed by atoms with van der Waals surface area (Å²) in [6, 6.07) is 48.2. The van der Waals surface area contributed by atoms with Crippen LogP contribution in [0.1, 0.15) is 105 Å². The normalized spacial score (nSPS) is 13.4. The summed E-state index contributed by atoms with van der Waals surface area (Å²) >= 11 is 0. The van der Waals surface area contributed by atoms with Crippen molar-refractivity contribution in [2.24, 2.45) is 0 Å². The third-order valence-electron chi connectivity index (χ3n) is 12.3. The summed E-state index contributed by atoms with van der Waals surface area (Å²) < 4.78 is 23.7. The van der Waals surface area contributed by atoms with Gasteiger partial charge in [0.1, 0.15) is 11.6 Å². The summed E-state index contributed by atoms with van der Waals surface area (Å²) in [5.41, 5.74) is 12.9. The number of anilines is 4. The Hall–Kier alpha value is -5.71. The van der Waals surface area contributed by atoms with Gasteiger partial charge in [0.15, 0.2) is 0 Å². The molecule has 5 nitrogen and oxygen atoms in total. The fourth-order valence-corrected chi connectivity index (χ4v) is 8.88. The molecule has 0 spiro atoms. The van der Waals surface area contributed by atoms with E-state index in [-0.39, 0.29) is 48.5 Å². The molecule has 6 aromatic carbocycles. The van der Waals surface area contributed by atoms with E-state index in [0.29, 0.717) is 17.3 Å². The molecular formula is C58H58FN4OPt-3. The first-order chi connectivity index (χ1) is 30.1. The first-order valence-corrected chi connectivity index (χ1v) is 22.3. The van der Waals surface area contributed by atoms with Crippen molar-refractivity contribution in [3.8, 4) is 28.4 Å². The van der Waals surface area contributed by atoms with Gasteiger partial charge in [-0.1, -0.05) is 125 Å². The van der Waals surface area contributed by atoms with Crippen LogP contribution in [0.4, 0.5) is 27.1 Å². The minimum Gasteiger partial charge on any atom is -0.509 e. The van der Waals surface area contributed by atoms with Crippen LogP contribution < -0.4 is 14.5 Å². The first kappa shape index (κ1) is 45.8. The van der Waals surface area contributed by atoms with E-state index in [2.05, 4.69) is 195 Å². The van der Waals surface area contributed by atoms with Gasteiger partial charge in [0, 0.05) is 61.3 Å². The zero-order valence-corrected chi connectivity index (χ0v) is 41.9. The monoisotopic (exact) mass is 1040 g/mol. The van der Waals surface area contributed by atoms with E-state index in [4.69, 9.17) is 9.72 Å². The van der Waals surface area contributed by atoms with Gasteiger partial charge in [-0.05, 0) is 115 Å². The SMILES string of the molecule is CC(C)(C)c1cc(N2[CH-]N(c3[c-]c(Oc4[c-]c5c(cc4)c4cc(F)ccc4n5-c4cc(-c5c(C(C)(C)C)cccc5C(C)(C)C)ccn4)ccc3)c3ccccc32)cc(C(C)(C)C)c1.[Pt]. The average molecular weight is 1040 g/mol. The van der Waals surface area contributed by atoms with Crippen LogP contribution in [0.3, 0.4) is 0 Å². The summed E-state index contributed by atoms with van der Waals surface area (Å²) in [5, 5.41) is 1.63. The number of halogens is 1. The molecular weight excluding hydrogens is 983 g/mol. The first-order valence-electron chi connectivity index (χ1n) is 22.3. The molecule has 336 valence electrons. The molecule has 0 saturated carbocycles. The van der Waals surface area contributed by atoms with Gasteiger partial charge < -0.3 is 19.1 Å². The fraction of sp³-hybridized carbons (Fsp3) is 0.276. The number of ether oxygens (including phenoxy) is 1. The van der Waals surface area contributed by atoms with Crippen molar-refractivity contribution in [2.75, 3.05) is 9.80 Å². The second kappa shape index (κ2) is 16.6. The van der Waals surface area contributed by atoms with Crippen LogP contribution in [0.25, 0.3) is 38.8 Å². The second-order valence-electron chi connectivity index (χ2n) is 21.3. The van der Waals surface area contributed by atoms with Crippen LogP contribution in [0.15, 0.2) is 128 Å². The van der Waals surface area contributed by atoms with Gasteiger partial charge in [0.2, 0.25) is 0 Å².